The quantitative estimate of drug-likeness (QED) is 0.548. The molecule has 0 spiro atoms. The van der Waals surface area contributed by atoms with E-state index in [0.717, 1.165) is 22.2 Å². The van der Waals surface area contributed by atoms with Crippen molar-refractivity contribution in [1.29, 1.82) is 0 Å². The van der Waals surface area contributed by atoms with Gasteiger partial charge in [0.2, 0.25) is 5.91 Å². The number of para-hydroxylation sites is 1. The van der Waals surface area contributed by atoms with Crippen LogP contribution in [-0.2, 0) is 9.59 Å². The van der Waals surface area contributed by atoms with Gasteiger partial charge in [-0.15, -0.1) is 0 Å². The minimum absolute atomic E-state index is 0.188. The van der Waals surface area contributed by atoms with Gasteiger partial charge in [0.1, 0.15) is 18.1 Å². The van der Waals surface area contributed by atoms with Crippen LogP contribution < -0.4 is 5.32 Å². The third-order valence-electron chi connectivity index (χ3n) is 4.27. The van der Waals surface area contributed by atoms with Gasteiger partial charge in [-0.3, -0.25) is 19.3 Å². The number of anilines is 1. The van der Waals surface area contributed by atoms with Gasteiger partial charge in [-0.2, -0.15) is 0 Å². The molecule has 3 amide bonds. The topological polar surface area (TPSA) is 79.6 Å². The van der Waals surface area contributed by atoms with Crippen LogP contribution in [0.1, 0.15) is 5.76 Å². The van der Waals surface area contributed by atoms with Gasteiger partial charge < -0.3 is 9.73 Å². The summed E-state index contributed by atoms with van der Waals surface area (Å²) in [7, 11) is 0. The Balaban J connectivity index is 1.47. The first-order valence-electron chi connectivity index (χ1n) is 8.96. The van der Waals surface area contributed by atoms with Gasteiger partial charge >= 0.3 is 0 Å². The number of halogens is 1. The summed E-state index contributed by atoms with van der Waals surface area (Å²) >= 11 is 6.95. The van der Waals surface area contributed by atoms with Crippen molar-refractivity contribution in [3.63, 3.8) is 0 Å². The first kappa shape index (κ1) is 20.0. The third kappa shape index (κ3) is 4.32. The maximum Gasteiger partial charge on any atom is 0.294 e. The van der Waals surface area contributed by atoms with Crippen molar-refractivity contribution >= 4 is 52.2 Å². The molecule has 1 N–H and O–H groups in total. The number of benzene rings is 2. The molecule has 30 heavy (non-hydrogen) atoms. The Bertz CT molecular complexity index is 1160. The van der Waals surface area contributed by atoms with E-state index in [2.05, 4.69) is 5.32 Å². The number of furan rings is 1. The number of nitrogens with zero attached hydrogens (tertiary/aromatic N) is 1. The fourth-order valence-corrected chi connectivity index (χ4v) is 3.91. The molecule has 0 unspecified atom stereocenters. The molecule has 2 aromatic carbocycles. The van der Waals surface area contributed by atoms with E-state index in [1.807, 2.05) is 24.3 Å². The molecule has 0 bridgehead atoms. The Morgan fingerprint density at radius 1 is 1.03 bits per heavy atom. The number of hydrogen-bond acceptors (Lipinski definition) is 5. The van der Waals surface area contributed by atoms with Gasteiger partial charge in [-0.05, 0) is 48.2 Å². The standard InChI is InChI=1S/C22H15ClN2O4S/c23-17-9-5-4-8-16(17)18-11-10-15(29-18)12-19-21(27)25(22(28)30-19)13-20(26)24-14-6-2-1-3-7-14/h1-12H,13H2,(H,24,26)/b19-12-. The first-order chi connectivity index (χ1) is 14.5. The molecule has 2 heterocycles. The number of carbonyl (C=O) groups is 3. The Kier molecular flexibility index (Phi) is 5.74. The van der Waals surface area contributed by atoms with Crippen molar-refractivity contribution < 1.29 is 18.8 Å². The van der Waals surface area contributed by atoms with E-state index >= 15 is 0 Å². The lowest BCUT2D eigenvalue weighted by Gasteiger charge is -2.12. The summed E-state index contributed by atoms with van der Waals surface area (Å²) in [5.74, 6) is -0.0369. The summed E-state index contributed by atoms with van der Waals surface area (Å²) in [6.07, 6.45) is 1.49. The minimum atomic E-state index is -0.538. The van der Waals surface area contributed by atoms with Crippen LogP contribution in [0.15, 0.2) is 76.1 Å². The molecule has 1 aliphatic heterocycles. The molecule has 6 nitrogen and oxygen atoms in total. The predicted molar refractivity (Wildman–Crippen MR) is 117 cm³/mol. The van der Waals surface area contributed by atoms with Crippen LogP contribution in [-0.4, -0.2) is 28.5 Å². The Hall–Kier alpha value is -3.29. The van der Waals surface area contributed by atoms with Crippen LogP contribution >= 0.6 is 23.4 Å². The summed E-state index contributed by atoms with van der Waals surface area (Å²) < 4.78 is 5.76. The average Bonchev–Trinajstić information content (AvgIpc) is 3.29. The molecular formula is C22H15ClN2O4S. The van der Waals surface area contributed by atoms with Crippen molar-refractivity contribution in [2.24, 2.45) is 0 Å². The highest BCUT2D eigenvalue weighted by Gasteiger charge is 2.36. The maximum atomic E-state index is 12.6. The van der Waals surface area contributed by atoms with Crippen molar-refractivity contribution in [2.75, 3.05) is 11.9 Å². The van der Waals surface area contributed by atoms with Crippen LogP contribution in [0.25, 0.3) is 17.4 Å². The normalized spacial score (nSPS) is 15.1. The van der Waals surface area contributed by atoms with Crippen molar-refractivity contribution in [2.45, 2.75) is 0 Å². The minimum Gasteiger partial charge on any atom is -0.457 e. The van der Waals surface area contributed by atoms with E-state index in [0.29, 0.717) is 22.2 Å². The molecular weight excluding hydrogens is 424 g/mol. The number of imide groups is 1. The highest BCUT2D eigenvalue weighted by Crippen LogP contribution is 2.34. The highest BCUT2D eigenvalue weighted by atomic mass is 35.5. The summed E-state index contributed by atoms with van der Waals surface area (Å²) in [4.78, 5) is 38.2. The Morgan fingerprint density at radius 2 is 1.77 bits per heavy atom. The lowest BCUT2D eigenvalue weighted by Crippen LogP contribution is -2.36. The predicted octanol–water partition coefficient (Wildman–Crippen LogP) is 5.28. The molecule has 0 saturated carbocycles. The van der Waals surface area contributed by atoms with E-state index in [1.165, 1.54) is 6.08 Å². The summed E-state index contributed by atoms with van der Waals surface area (Å²) in [5.41, 5.74) is 1.32. The number of carbonyl (C=O) groups excluding carboxylic acids is 3. The molecule has 0 atom stereocenters. The SMILES string of the molecule is O=C(CN1C(=O)S/C(=C\c2ccc(-c3ccccc3Cl)o2)C1=O)Nc1ccccc1. The van der Waals surface area contributed by atoms with Crippen LogP contribution in [0.3, 0.4) is 0 Å². The second kappa shape index (κ2) is 8.61. The van der Waals surface area contributed by atoms with Crippen molar-refractivity contribution in [3.8, 4) is 11.3 Å². The number of amides is 3. The van der Waals surface area contributed by atoms with Gasteiger partial charge in [-0.25, -0.2) is 0 Å². The smallest absolute Gasteiger partial charge is 0.294 e. The van der Waals surface area contributed by atoms with Gasteiger partial charge in [0.15, 0.2) is 0 Å². The van der Waals surface area contributed by atoms with Gasteiger partial charge in [0.25, 0.3) is 11.1 Å². The zero-order valence-corrected chi connectivity index (χ0v) is 17.1. The fraction of sp³-hybridized carbons (Fsp3) is 0.0455. The summed E-state index contributed by atoms with van der Waals surface area (Å²) in [5, 5.41) is 2.69. The Morgan fingerprint density at radius 3 is 2.53 bits per heavy atom. The van der Waals surface area contributed by atoms with E-state index in [1.54, 1.807) is 42.5 Å². The molecule has 4 rings (SSSR count). The highest BCUT2D eigenvalue weighted by molar-refractivity contribution is 8.18. The Labute approximate surface area is 181 Å². The first-order valence-corrected chi connectivity index (χ1v) is 10.2. The molecule has 1 aromatic heterocycles. The maximum absolute atomic E-state index is 12.6. The van der Waals surface area contributed by atoms with Gasteiger partial charge in [0, 0.05) is 17.3 Å². The van der Waals surface area contributed by atoms with Gasteiger partial charge in [0.05, 0.1) is 9.93 Å². The molecule has 1 aliphatic rings. The van der Waals surface area contributed by atoms with Crippen LogP contribution in [0.5, 0.6) is 0 Å². The van der Waals surface area contributed by atoms with Crippen LogP contribution in [0.4, 0.5) is 10.5 Å². The monoisotopic (exact) mass is 438 g/mol. The second-order valence-corrected chi connectivity index (χ2v) is 7.76. The van der Waals surface area contributed by atoms with Crippen molar-refractivity contribution in [1.82, 2.24) is 4.90 Å². The molecule has 3 aromatic rings. The molecule has 1 saturated heterocycles. The molecule has 150 valence electrons. The van der Waals surface area contributed by atoms with E-state index < -0.39 is 17.1 Å². The largest absolute Gasteiger partial charge is 0.457 e. The molecule has 1 fully saturated rings. The average molecular weight is 439 g/mol. The van der Waals surface area contributed by atoms with Crippen LogP contribution in [0.2, 0.25) is 5.02 Å². The number of hydrogen-bond donors (Lipinski definition) is 1. The lowest BCUT2D eigenvalue weighted by molar-refractivity contribution is -0.127. The number of rotatable bonds is 5. The zero-order valence-electron chi connectivity index (χ0n) is 15.5. The molecule has 8 heteroatoms. The van der Waals surface area contributed by atoms with E-state index in [-0.39, 0.29) is 11.4 Å². The molecule has 0 aliphatic carbocycles. The van der Waals surface area contributed by atoms with Crippen molar-refractivity contribution in [3.05, 3.63) is 82.4 Å². The fourth-order valence-electron chi connectivity index (χ4n) is 2.87. The van der Waals surface area contributed by atoms with E-state index in [4.69, 9.17) is 16.0 Å². The second-order valence-electron chi connectivity index (χ2n) is 6.36. The zero-order chi connectivity index (χ0) is 21.1. The number of thioether (sulfide) groups is 1. The third-order valence-corrected chi connectivity index (χ3v) is 5.51. The van der Waals surface area contributed by atoms with E-state index in [9.17, 15) is 14.4 Å². The van der Waals surface area contributed by atoms with Crippen LogP contribution in [0, 0.1) is 0 Å². The summed E-state index contributed by atoms with van der Waals surface area (Å²) in [6, 6.07) is 19.5. The molecule has 0 radical (unpaired) electrons. The summed E-state index contributed by atoms with van der Waals surface area (Å²) in [6.45, 7) is -0.361. The lowest BCUT2D eigenvalue weighted by atomic mass is 10.2. The number of nitrogens with one attached hydrogen (secondary N) is 1. The van der Waals surface area contributed by atoms with Gasteiger partial charge in [-0.1, -0.05) is 41.9 Å².